The van der Waals surface area contributed by atoms with Crippen molar-refractivity contribution in [3.8, 4) is 16.9 Å². The molecule has 0 saturated carbocycles. The fourth-order valence-corrected chi connectivity index (χ4v) is 11.5. The zero-order valence-electron chi connectivity index (χ0n) is 29.1. The molecule has 0 N–H and O–H groups in total. The second kappa shape index (κ2) is 13.9. The van der Waals surface area contributed by atoms with Crippen LogP contribution in [0.5, 0.6) is 5.75 Å². The maximum absolute atomic E-state index is 16.3. The van der Waals surface area contributed by atoms with Crippen LogP contribution in [-0.2, 0) is 4.74 Å². The first kappa shape index (κ1) is 35.6. The number of anilines is 1. The molecule has 1 saturated heterocycles. The van der Waals surface area contributed by atoms with E-state index in [-0.39, 0.29) is 21.8 Å². The Balaban J connectivity index is 1.46. The number of amides is 1. The number of hydrogen-bond acceptors (Lipinski definition) is 6. The molecule has 260 valence electrons. The van der Waals surface area contributed by atoms with Crippen LogP contribution in [0.2, 0.25) is 15.2 Å². The van der Waals surface area contributed by atoms with E-state index < -0.39 is 19.7 Å². The quantitative estimate of drug-likeness (QED) is 0.163. The van der Waals surface area contributed by atoms with Crippen LogP contribution in [0.3, 0.4) is 0 Å². The van der Waals surface area contributed by atoms with Crippen LogP contribution in [-0.4, -0.2) is 61.3 Å². The molecule has 1 amide bonds. The van der Waals surface area contributed by atoms with Crippen molar-refractivity contribution in [2.75, 3.05) is 31.1 Å². The van der Waals surface area contributed by atoms with Gasteiger partial charge >= 0.3 is 14.4 Å². The maximum Gasteiger partial charge on any atom is 0.410 e. The molecule has 1 fully saturated rings. The van der Waals surface area contributed by atoms with Crippen LogP contribution >= 0.6 is 23.2 Å². The van der Waals surface area contributed by atoms with Crippen molar-refractivity contribution >= 4 is 64.6 Å². The minimum Gasteiger partial charge on any atom is -0.533 e. The molecule has 50 heavy (non-hydrogen) atoms. The fourth-order valence-electron chi connectivity index (χ4n) is 6.65. The van der Waals surface area contributed by atoms with Crippen molar-refractivity contribution < 1.29 is 18.3 Å². The summed E-state index contributed by atoms with van der Waals surface area (Å²) in [6, 6.07) is 28.9. The summed E-state index contributed by atoms with van der Waals surface area (Å²) in [7, 11) is -3.13. The van der Waals surface area contributed by atoms with Crippen molar-refractivity contribution in [3.63, 3.8) is 0 Å². The molecule has 7 nitrogen and oxygen atoms in total. The van der Waals surface area contributed by atoms with E-state index in [1.54, 1.807) is 17.0 Å². The van der Waals surface area contributed by atoms with Gasteiger partial charge in [0, 0.05) is 47.5 Å². The maximum atomic E-state index is 16.3. The molecule has 2 heterocycles. The Hall–Kier alpha value is -4.18. The van der Waals surface area contributed by atoms with Gasteiger partial charge in [0.25, 0.3) is 0 Å². The lowest BCUT2D eigenvalue weighted by atomic mass is 10.0. The predicted octanol–water partition coefficient (Wildman–Crippen LogP) is 8.74. The van der Waals surface area contributed by atoms with Gasteiger partial charge in [-0.05, 0) is 60.4 Å². The summed E-state index contributed by atoms with van der Waals surface area (Å²) in [5.74, 6) is 0.487. The number of piperazine rings is 1. The number of rotatable bonds is 6. The van der Waals surface area contributed by atoms with Gasteiger partial charge < -0.3 is 19.0 Å². The molecule has 1 aromatic heterocycles. The summed E-state index contributed by atoms with van der Waals surface area (Å²) in [4.78, 5) is 16.5. The summed E-state index contributed by atoms with van der Waals surface area (Å²) in [5.41, 5.74) is 0.109. The van der Waals surface area contributed by atoms with Gasteiger partial charge in [-0.25, -0.2) is 9.18 Å². The third-order valence-electron chi connectivity index (χ3n) is 8.96. The van der Waals surface area contributed by atoms with Crippen molar-refractivity contribution in [2.24, 2.45) is 0 Å². The van der Waals surface area contributed by atoms with Crippen molar-refractivity contribution in [1.29, 1.82) is 0 Å². The lowest BCUT2D eigenvalue weighted by Crippen LogP contribution is -2.68. The number of halogens is 3. The number of carbonyl (C=O) groups is 1. The SMILES string of the molecule is CC(C)(C)OC(=O)N1CCN(c2nnc(Cl)c3cc(Cl)c(-c4c(F)cccc4O[Si](c4ccccc4)(c4ccccc4)C(C)(C)C)cc23)CC1. The molecule has 5 aromatic rings. The third-order valence-corrected chi connectivity index (χ3v) is 14.5. The highest BCUT2D eigenvalue weighted by molar-refractivity contribution is 7.00. The summed E-state index contributed by atoms with van der Waals surface area (Å²) in [6.45, 7) is 13.9. The molecular weight excluding hydrogens is 690 g/mol. The summed E-state index contributed by atoms with van der Waals surface area (Å²) < 4.78 is 29.2. The smallest absolute Gasteiger partial charge is 0.410 e. The number of nitrogens with zero attached hydrogens (tertiary/aromatic N) is 4. The van der Waals surface area contributed by atoms with Gasteiger partial charge in [-0.15, -0.1) is 10.2 Å². The van der Waals surface area contributed by atoms with E-state index in [2.05, 4.69) is 55.2 Å². The van der Waals surface area contributed by atoms with Crippen LogP contribution in [0.1, 0.15) is 41.5 Å². The average molecular weight is 732 g/mol. The zero-order valence-corrected chi connectivity index (χ0v) is 31.6. The first-order chi connectivity index (χ1) is 23.7. The molecule has 0 aliphatic carbocycles. The van der Waals surface area contributed by atoms with E-state index in [1.807, 2.05) is 74.2 Å². The molecule has 0 bridgehead atoms. The molecule has 0 spiro atoms. The first-order valence-corrected chi connectivity index (χ1v) is 19.3. The number of aromatic nitrogens is 2. The summed E-state index contributed by atoms with van der Waals surface area (Å²) in [6.07, 6.45) is -0.355. The minimum atomic E-state index is -3.13. The summed E-state index contributed by atoms with van der Waals surface area (Å²) in [5, 5.41) is 12.2. The highest BCUT2D eigenvalue weighted by Gasteiger charge is 2.52. The average Bonchev–Trinajstić information content (AvgIpc) is 3.07. The van der Waals surface area contributed by atoms with E-state index in [0.29, 0.717) is 59.1 Å². The van der Waals surface area contributed by atoms with Gasteiger partial charge in [0.15, 0.2) is 11.0 Å². The zero-order chi connectivity index (χ0) is 35.8. The number of fused-ring (bicyclic) bond motifs is 1. The van der Waals surface area contributed by atoms with Crippen LogP contribution < -0.4 is 19.7 Å². The van der Waals surface area contributed by atoms with Crippen LogP contribution in [0, 0.1) is 5.82 Å². The van der Waals surface area contributed by atoms with Crippen molar-refractivity contribution in [1.82, 2.24) is 15.1 Å². The normalized spacial score (nSPS) is 14.2. The molecule has 11 heteroatoms. The monoisotopic (exact) mass is 730 g/mol. The van der Waals surface area contributed by atoms with Crippen molar-refractivity contribution in [3.05, 3.63) is 107 Å². The molecule has 0 atom stereocenters. The Morgan fingerprint density at radius 2 is 1.38 bits per heavy atom. The number of carbonyl (C=O) groups excluding carboxylic acids is 1. The predicted molar refractivity (Wildman–Crippen MR) is 203 cm³/mol. The van der Waals surface area contributed by atoms with E-state index in [9.17, 15) is 4.79 Å². The fraction of sp³-hybridized carbons (Fsp3) is 0.308. The topological polar surface area (TPSA) is 67.8 Å². The Morgan fingerprint density at radius 1 is 0.780 bits per heavy atom. The third kappa shape index (κ3) is 6.91. The molecule has 6 rings (SSSR count). The number of benzene rings is 4. The first-order valence-electron chi connectivity index (χ1n) is 16.7. The lowest BCUT2D eigenvalue weighted by molar-refractivity contribution is 0.0240. The second-order valence-electron chi connectivity index (χ2n) is 14.5. The van der Waals surface area contributed by atoms with E-state index >= 15 is 4.39 Å². The van der Waals surface area contributed by atoms with Crippen LogP contribution in [0.4, 0.5) is 15.0 Å². The second-order valence-corrected chi connectivity index (χ2v) is 19.5. The highest BCUT2D eigenvalue weighted by atomic mass is 35.5. The standard InChI is InChI=1S/C39H41Cl2FN4O3Si/c1-38(2,3)48-37(47)46-22-20-45(21-23-46)36-29-24-30(31(40)25-28(29)35(41)43-44-36)34-32(42)18-13-19-33(34)49-50(39(4,5)6,26-14-9-7-10-15-26)27-16-11-8-12-17-27/h7-19,24-25H,20-23H2,1-6H3. The van der Waals surface area contributed by atoms with Crippen molar-refractivity contribution in [2.45, 2.75) is 52.2 Å². The molecule has 4 aromatic carbocycles. The molecular formula is C39H41Cl2FN4O3Si. The largest absolute Gasteiger partial charge is 0.533 e. The minimum absolute atomic E-state index is 0.182. The Labute approximate surface area is 304 Å². The van der Waals surface area contributed by atoms with Gasteiger partial charge in [-0.3, -0.25) is 0 Å². The van der Waals surface area contributed by atoms with Crippen LogP contribution in [0.15, 0.2) is 91.0 Å². The van der Waals surface area contributed by atoms with Crippen LogP contribution in [0.25, 0.3) is 21.9 Å². The Morgan fingerprint density at radius 3 is 1.94 bits per heavy atom. The number of hydrogen-bond donors (Lipinski definition) is 0. The Kier molecular flexibility index (Phi) is 9.87. The summed E-state index contributed by atoms with van der Waals surface area (Å²) >= 11 is 13.6. The van der Waals surface area contributed by atoms with Gasteiger partial charge in [0.1, 0.15) is 17.2 Å². The molecule has 1 aliphatic rings. The van der Waals surface area contributed by atoms with E-state index in [4.69, 9.17) is 32.4 Å². The Bertz CT molecular complexity index is 1970. The van der Waals surface area contributed by atoms with Gasteiger partial charge in [-0.1, -0.05) is 111 Å². The number of ether oxygens (including phenoxy) is 1. The molecule has 0 unspecified atom stereocenters. The van der Waals surface area contributed by atoms with E-state index in [0.717, 1.165) is 10.4 Å². The molecule has 0 radical (unpaired) electrons. The lowest BCUT2D eigenvalue weighted by Gasteiger charge is -2.43. The molecule has 1 aliphatic heterocycles. The van der Waals surface area contributed by atoms with E-state index in [1.165, 1.54) is 6.07 Å². The highest BCUT2D eigenvalue weighted by Crippen LogP contribution is 2.45. The van der Waals surface area contributed by atoms with Gasteiger partial charge in [0.05, 0.1) is 5.56 Å². The van der Waals surface area contributed by atoms with Gasteiger partial charge in [-0.2, -0.15) is 0 Å². The van der Waals surface area contributed by atoms with Gasteiger partial charge in [0.2, 0.25) is 0 Å².